The van der Waals surface area contributed by atoms with Crippen LogP contribution >= 0.6 is 0 Å². The Hall–Kier alpha value is -1.44. The molecule has 102 valence electrons. The van der Waals surface area contributed by atoms with Gasteiger partial charge in [0.05, 0.1) is 0 Å². The maximum absolute atomic E-state index is 10.3. The van der Waals surface area contributed by atoms with Crippen molar-refractivity contribution in [1.29, 1.82) is 0 Å². The first-order valence-electron chi connectivity index (χ1n) is 7.14. The normalized spacial score (nSPS) is 19.7. The Morgan fingerprint density at radius 1 is 1.26 bits per heavy atom. The van der Waals surface area contributed by atoms with Gasteiger partial charge in [-0.25, -0.2) is 0 Å². The molecule has 0 radical (unpaired) electrons. The van der Waals surface area contributed by atoms with Crippen molar-refractivity contribution in [1.82, 2.24) is 0 Å². The third kappa shape index (κ3) is 2.03. The molecule has 1 atom stereocenters. The number of rotatable bonds is 0. The van der Waals surface area contributed by atoms with Crippen molar-refractivity contribution in [3.8, 4) is 5.75 Å². The Balaban J connectivity index is 2.22. The van der Waals surface area contributed by atoms with Gasteiger partial charge in [0, 0.05) is 22.9 Å². The molecule has 1 aromatic heterocycles. The fourth-order valence-electron chi connectivity index (χ4n) is 3.09. The minimum atomic E-state index is -0.0706. The van der Waals surface area contributed by atoms with Gasteiger partial charge in [0.2, 0.25) is 0 Å². The van der Waals surface area contributed by atoms with Crippen LogP contribution in [0, 0.1) is 5.92 Å². The summed E-state index contributed by atoms with van der Waals surface area (Å²) >= 11 is 0. The lowest BCUT2D eigenvalue weighted by molar-refractivity contribution is 0.437. The molecule has 0 fully saturated rings. The monoisotopic (exact) mass is 258 g/mol. The van der Waals surface area contributed by atoms with Crippen LogP contribution in [0.2, 0.25) is 0 Å². The van der Waals surface area contributed by atoms with E-state index in [9.17, 15) is 5.11 Å². The highest BCUT2D eigenvalue weighted by molar-refractivity contribution is 5.85. The summed E-state index contributed by atoms with van der Waals surface area (Å²) in [6, 6.07) is 3.92. The molecule has 1 unspecified atom stereocenters. The summed E-state index contributed by atoms with van der Waals surface area (Å²) < 4.78 is 6.02. The van der Waals surface area contributed by atoms with Gasteiger partial charge in [0.15, 0.2) is 0 Å². The zero-order chi connectivity index (χ0) is 13.8. The summed E-state index contributed by atoms with van der Waals surface area (Å²) in [6.07, 6.45) is 3.29. The average molecular weight is 258 g/mol. The molecule has 19 heavy (non-hydrogen) atoms. The van der Waals surface area contributed by atoms with E-state index in [1.165, 1.54) is 12.0 Å². The van der Waals surface area contributed by atoms with Gasteiger partial charge in [0.1, 0.15) is 17.1 Å². The highest BCUT2D eigenvalue weighted by Gasteiger charge is 2.25. The summed E-state index contributed by atoms with van der Waals surface area (Å²) in [6.45, 7) is 8.61. The van der Waals surface area contributed by atoms with Crippen LogP contribution in [0.4, 0.5) is 0 Å². The third-order valence-corrected chi connectivity index (χ3v) is 4.22. The Kier molecular flexibility index (Phi) is 2.67. The lowest BCUT2D eigenvalue weighted by Crippen LogP contribution is -2.11. The number of hydrogen-bond donors (Lipinski definition) is 1. The summed E-state index contributed by atoms with van der Waals surface area (Å²) in [4.78, 5) is 0. The predicted octanol–water partition coefficient (Wildman–Crippen LogP) is 4.56. The SMILES string of the molecule is CC1CCc2oc3cc(C(C)(C)C)c(O)cc3c2C1. The van der Waals surface area contributed by atoms with Crippen LogP contribution in [0.25, 0.3) is 11.0 Å². The lowest BCUT2D eigenvalue weighted by atomic mass is 9.84. The average Bonchev–Trinajstić information content (AvgIpc) is 2.64. The minimum Gasteiger partial charge on any atom is -0.508 e. The first kappa shape index (κ1) is 12.6. The van der Waals surface area contributed by atoms with Crippen molar-refractivity contribution in [2.24, 2.45) is 5.92 Å². The van der Waals surface area contributed by atoms with E-state index < -0.39 is 0 Å². The Morgan fingerprint density at radius 3 is 2.68 bits per heavy atom. The second-order valence-corrected chi connectivity index (χ2v) is 6.97. The number of benzene rings is 1. The van der Waals surface area contributed by atoms with Gasteiger partial charge in [-0.3, -0.25) is 0 Å². The van der Waals surface area contributed by atoms with Crippen molar-refractivity contribution in [2.45, 2.75) is 52.4 Å². The van der Waals surface area contributed by atoms with Gasteiger partial charge < -0.3 is 9.52 Å². The highest BCUT2D eigenvalue weighted by atomic mass is 16.3. The van der Waals surface area contributed by atoms with Crippen LogP contribution < -0.4 is 0 Å². The molecule has 2 heteroatoms. The number of aryl methyl sites for hydroxylation is 1. The number of aromatic hydroxyl groups is 1. The van der Waals surface area contributed by atoms with Crippen LogP contribution in [0.1, 0.15) is 51.0 Å². The van der Waals surface area contributed by atoms with E-state index in [0.29, 0.717) is 11.7 Å². The van der Waals surface area contributed by atoms with Crippen molar-refractivity contribution in [3.63, 3.8) is 0 Å². The molecule has 0 saturated heterocycles. The Morgan fingerprint density at radius 2 is 2.00 bits per heavy atom. The zero-order valence-corrected chi connectivity index (χ0v) is 12.2. The van der Waals surface area contributed by atoms with Crippen molar-refractivity contribution in [2.75, 3.05) is 0 Å². The topological polar surface area (TPSA) is 33.4 Å². The van der Waals surface area contributed by atoms with Gasteiger partial charge in [0.25, 0.3) is 0 Å². The standard InChI is InChI=1S/C17H22O2/c1-10-5-6-15-11(7-10)12-8-14(18)13(17(2,3)4)9-16(12)19-15/h8-10,18H,5-7H2,1-4H3. The molecule has 2 aromatic rings. The number of hydrogen-bond acceptors (Lipinski definition) is 2. The van der Waals surface area contributed by atoms with E-state index in [4.69, 9.17) is 4.42 Å². The van der Waals surface area contributed by atoms with E-state index in [2.05, 4.69) is 27.7 Å². The van der Waals surface area contributed by atoms with E-state index in [0.717, 1.165) is 35.1 Å². The molecule has 1 aliphatic rings. The number of phenols is 1. The van der Waals surface area contributed by atoms with E-state index in [1.54, 1.807) is 0 Å². The van der Waals surface area contributed by atoms with Gasteiger partial charge >= 0.3 is 0 Å². The fourth-order valence-corrected chi connectivity index (χ4v) is 3.09. The minimum absolute atomic E-state index is 0.0706. The summed E-state index contributed by atoms with van der Waals surface area (Å²) in [5, 5.41) is 11.4. The quantitative estimate of drug-likeness (QED) is 0.751. The Bertz CT molecular complexity index is 629. The molecule has 2 nitrogen and oxygen atoms in total. The molecule has 1 N–H and O–H groups in total. The molecule has 0 bridgehead atoms. The van der Waals surface area contributed by atoms with Gasteiger partial charge in [-0.15, -0.1) is 0 Å². The van der Waals surface area contributed by atoms with E-state index >= 15 is 0 Å². The molecule has 1 aromatic carbocycles. The van der Waals surface area contributed by atoms with Crippen molar-refractivity contribution in [3.05, 3.63) is 29.0 Å². The van der Waals surface area contributed by atoms with Gasteiger partial charge in [-0.05, 0) is 36.3 Å². The second kappa shape index (κ2) is 4.03. The lowest BCUT2D eigenvalue weighted by Gasteiger charge is -2.20. The maximum atomic E-state index is 10.3. The summed E-state index contributed by atoms with van der Waals surface area (Å²) in [5.74, 6) is 2.22. The number of furan rings is 1. The second-order valence-electron chi connectivity index (χ2n) is 6.97. The van der Waals surface area contributed by atoms with Crippen molar-refractivity contribution >= 4 is 11.0 Å². The molecule has 0 spiro atoms. The molecule has 0 saturated carbocycles. The van der Waals surface area contributed by atoms with Crippen LogP contribution in [0.15, 0.2) is 16.5 Å². The first-order valence-corrected chi connectivity index (χ1v) is 7.14. The molecule has 1 aliphatic carbocycles. The smallest absolute Gasteiger partial charge is 0.135 e. The van der Waals surface area contributed by atoms with Gasteiger partial charge in [-0.1, -0.05) is 27.7 Å². The number of phenolic OH excluding ortho intramolecular Hbond substituents is 1. The largest absolute Gasteiger partial charge is 0.508 e. The first-order chi connectivity index (χ1) is 8.86. The van der Waals surface area contributed by atoms with Gasteiger partial charge in [-0.2, -0.15) is 0 Å². The van der Waals surface area contributed by atoms with Crippen molar-refractivity contribution < 1.29 is 9.52 Å². The third-order valence-electron chi connectivity index (χ3n) is 4.22. The summed E-state index contributed by atoms with van der Waals surface area (Å²) in [5.41, 5.74) is 3.13. The number of fused-ring (bicyclic) bond motifs is 3. The molecule has 0 amide bonds. The molecular formula is C17H22O2. The van der Waals surface area contributed by atoms with E-state index in [1.807, 2.05) is 12.1 Å². The molecule has 3 rings (SSSR count). The zero-order valence-electron chi connectivity index (χ0n) is 12.2. The molecular weight excluding hydrogens is 236 g/mol. The van der Waals surface area contributed by atoms with Crippen LogP contribution in [-0.2, 0) is 18.3 Å². The fraction of sp³-hybridized carbons (Fsp3) is 0.529. The van der Waals surface area contributed by atoms with Crippen LogP contribution in [0.5, 0.6) is 5.75 Å². The Labute approximate surface area is 114 Å². The van der Waals surface area contributed by atoms with Crippen LogP contribution in [-0.4, -0.2) is 5.11 Å². The molecule has 0 aliphatic heterocycles. The van der Waals surface area contributed by atoms with Crippen LogP contribution in [0.3, 0.4) is 0 Å². The maximum Gasteiger partial charge on any atom is 0.135 e. The van der Waals surface area contributed by atoms with E-state index in [-0.39, 0.29) is 5.41 Å². The summed E-state index contributed by atoms with van der Waals surface area (Å²) in [7, 11) is 0. The predicted molar refractivity (Wildman–Crippen MR) is 77.8 cm³/mol. The highest BCUT2D eigenvalue weighted by Crippen LogP contribution is 2.40. The molecule has 1 heterocycles.